The van der Waals surface area contributed by atoms with Crippen molar-refractivity contribution in [1.29, 1.82) is 0 Å². The van der Waals surface area contributed by atoms with E-state index in [0.717, 1.165) is 12.5 Å². The summed E-state index contributed by atoms with van der Waals surface area (Å²) >= 11 is 6.24. The lowest BCUT2D eigenvalue weighted by Crippen LogP contribution is -2.46. The minimum Gasteiger partial charge on any atom is -0.375 e. The maximum absolute atomic E-state index is 6.24. The first-order chi connectivity index (χ1) is 7.77. The molecule has 1 saturated carbocycles. The lowest BCUT2D eigenvalue weighted by molar-refractivity contribution is -0.139. The third-order valence-electron chi connectivity index (χ3n) is 4.62. The first-order valence-corrected chi connectivity index (χ1v) is 7.20. The SMILES string of the molecule is ClC1C=C(C2CCOC3(CCC3)C2)CCC1. The Balaban J connectivity index is 1.69. The Kier molecular flexibility index (Phi) is 3.01. The van der Waals surface area contributed by atoms with Crippen LogP contribution in [0.2, 0.25) is 0 Å². The predicted octanol–water partition coefficient (Wildman–Crippen LogP) is 4.05. The molecule has 2 atom stereocenters. The van der Waals surface area contributed by atoms with Gasteiger partial charge < -0.3 is 4.74 Å². The molecule has 16 heavy (non-hydrogen) atoms. The van der Waals surface area contributed by atoms with Gasteiger partial charge in [-0.05, 0) is 57.3 Å². The second-order valence-electron chi connectivity index (χ2n) is 5.72. The fourth-order valence-electron chi connectivity index (χ4n) is 3.50. The molecule has 0 bridgehead atoms. The molecule has 1 heterocycles. The van der Waals surface area contributed by atoms with Gasteiger partial charge in [0.2, 0.25) is 0 Å². The summed E-state index contributed by atoms with van der Waals surface area (Å²) in [5.41, 5.74) is 1.92. The van der Waals surface area contributed by atoms with Crippen molar-refractivity contribution >= 4 is 11.6 Å². The van der Waals surface area contributed by atoms with Crippen LogP contribution in [-0.4, -0.2) is 17.6 Å². The second-order valence-corrected chi connectivity index (χ2v) is 6.29. The van der Waals surface area contributed by atoms with Gasteiger partial charge in [-0.1, -0.05) is 11.6 Å². The van der Waals surface area contributed by atoms with Gasteiger partial charge in [-0.25, -0.2) is 0 Å². The van der Waals surface area contributed by atoms with Crippen molar-refractivity contribution in [1.82, 2.24) is 0 Å². The molecule has 2 heteroatoms. The van der Waals surface area contributed by atoms with E-state index < -0.39 is 0 Å². The Morgan fingerprint density at radius 2 is 2.12 bits per heavy atom. The zero-order valence-corrected chi connectivity index (χ0v) is 10.6. The van der Waals surface area contributed by atoms with Gasteiger partial charge in [0, 0.05) is 6.61 Å². The zero-order valence-electron chi connectivity index (χ0n) is 9.88. The van der Waals surface area contributed by atoms with Gasteiger partial charge in [-0.15, -0.1) is 11.6 Å². The lowest BCUT2D eigenvalue weighted by Gasteiger charge is -2.48. The van der Waals surface area contributed by atoms with Crippen LogP contribution in [0.5, 0.6) is 0 Å². The topological polar surface area (TPSA) is 9.23 Å². The van der Waals surface area contributed by atoms with E-state index in [9.17, 15) is 0 Å². The van der Waals surface area contributed by atoms with E-state index in [-0.39, 0.29) is 5.60 Å². The summed E-state index contributed by atoms with van der Waals surface area (Å²) in [6.45, 7) is 0.967. The predicted molar refractivity (Wildman–Crippen MR) is 66.8 cm³/mol. The Labute approximate surface area is 103 Å². The maximum Gasteiger partial charge on any atom is 0.0688 e. The number of rotatable bonds is 1. The van der Waals surface area contributed by atoms with Crippen molar-refractivity contribution in [2.45, 2.75) is 62.3 Å². The van der Waals surface area contributed by atoms with E-state index in [2.05, 4.69) is 6.08 Å². The lowest BCUT2D eigenvalue weighted by atomic mass is 9.69. The minimum absolute atomic E-state index is 0.281. The standard InChI is InChI=1S/C14H21ClO/c15-13-4-1-3-11(9-13)12-5-8-16-14(10-12)6-2-7-14/h9,12-13H,1-8,10H2. The molecule has 1 saturated heterocycles. The fourth-order valence-corrected chi connectivity index (χ4v) is 3.82. The molecule has 1 aliphatic heterocycles. The molecule has 2 unspecified atom stereocenters. The average molecular weight is 241 g/mol. The van der Waals surface area contributed by atoms with Crippen molar-refractivity contribution in [3.63, 3.8) is 0 Å². The van der Waals surface area contributed by atoms with Crippen molar-refractivity contribution in [3.05, 3.63) is 11.6 Å². The highest BCUT2D eigenvalue weighted by Crippen LogP contribution is 2.47. The van der Waals surface area contributed by atoms with Gasteiger partial charge in [0.25, 0.3) is 0 Å². The highest BCUT2D eigenvalue weighted by Gasteiger charge is 2.43. The summed E-state index contributed by atoms with van der Waals surface area (Å²) in [6.07, 6.45) is 12.5. The normalized spacial score (nSPS) is 37.9. The largest absolute Gasteiger partial charge is 0.375 e. The van der Waals surface area contributed by atoms with Crippen LogP contribution >= 0.6 is 11.6 Å². The summed E-state index contributed by atoms with van der Waals surface area (Å²) in [7, 11) is 0. The van der Waals surface area contributed by atoms with E-state index in [1.165, 1.54) is 51.4 Å². The van der Waals surface area contributed by atoms with Crippen molar-refractivity contribution in [3.8, 4) is 0 Å². The molecule has 1 nitrogen and oxygen atoms in total. The van der Waals surface area contributed by atoms with Crippen LogP contribution < -0.4 is 0 Å². The quantitative estimate of drug-likeness (QED) is 0.496. The number of alkyl halides is 1. The molecule has 2 aliphatic carbocycles. The molecule has 90 valence electrons. The third kappa shape index (κ3) is 2.04. The molecule has 2 fully saturated rings. The monoisotopic (exact) mass is 240 g/mol. The number of halogens is 1. The number of hydrogen-bond acceptors (Lipinski definition) is 1. The second kappa shape index (κ2) is 4.34. The third-order valence-corrected chi connectivity index (χ3v) is 4.97. The van der Waals surface area contributed by atoms with Gasteiger partial charge in [0.15, 0.2) is 0 Å². The Morgan fingerprint density at radius 3 is 2.81 bits per heavy atom. The average Bonchev–Trinajstić information content (AvgIpc) is 2.27. The van der Waals surface area contributed by atoms with E-state index in [4.69, 9.17) is 16.3 Å². The molecule has 1 spiro atoms. The Hall–Kier alpha value is -0.0100. The van der Waals surface area contributed by atoms with Crippen LogP contribution in [0.25, 0.3) is 0 Å². The number of ether oxygens (including phenoxy) is 1. The molecule has 0 radical (unpaired) electrons. The number of hydrogen-bond donors (Lipinski definition) is 0. The first kappa shape index (κ1) is 11.1. The van der Waals surface area contributed by atoms with Crippen LogP contribution in [0.15, 0.2) is 11.6 Å². The van der Waals surface area contributed by atoms with Crippen LogP contribution in [0.1, 0.15) is 51.4 Å². The molecule has 0 N–H and O–H groups in total. The molecular weight excluding hydrogens is 220 g/mol. The van der Waals surface area contributed by atoms with Crippen LogP contribution in [-0.2, 0) is 4.74 Å². The molecule has 0 aromatic carbocycles. The summed E-state index contributed by atoms with van der Waals surface area (Å²) in [4.78, 5) is 0. The van der Waals surface area contributed by atoms with E-state index in [1.807, 2.05) is 0 Å². The molecule has 3 rings (SSSR count). The highest BCUT2D eigenvalue weighted by molar-refractivity contribution is 6.21. The van der Waals surface area contributed by atoms with E-state index in [1.54, 1.807) is 5.57 Å². The van der Waals surface area contributed by atoms with Gasteiger partial charge in [-0.3, -0.25) is 0 Å². The molecular formula is C14H21ClO. The molecule has 0 amide bonds. The summed E-state index contributed by atoms with van der Waals surface area (Å²) in [5, 5.41) is 0.295. The van der Waals surface area contributed by atoms with Gasteiger partial charge in [0.1, 0.15) is 0 Å². The first-order valence-electron chi connectivity index (χ1n) is 6.76. The summed E-state index contributed by atoms with van der Waals surface area (Å²) < 4.78 is 5.99. The van der Waals surface area contributed by atoms with Gasteiger partial charge in [0.05, 0.1) is 11.0 Å². The van der Waals surface area contributed by atoms with Crippen LogP contribution in [0.3, 0.4) is 0 Å². The van der Waals surface area contributed by atoms with Crippen molar-refractivity contribution in [2.24, 2.45) is 5.92 Å². The zero-order chi connectivity index (χ0) is 11.0. The van der Waals surface area contributed by atoms with Gasteiger partial charge in [-0.2, -0.15) is 0 Å². The maximum atomic E-state index is 6.24. The Bertz CT molecular complexity index is 293. The molecule has 0 aromatic heterocycles. The fraction of sp³-hybridized carbons (Fsp3) is 0.857. The molecule has 3 aliphatic rings. The summed E-state index contributed by atoms with van der Waals surface area (Å²) in [6, 6.07) is 0. The number of allylic oxidation sites excluding steroid dienone is 2. The van der Waals surface area contributed by atoms with Crippen molar-refractivity contribution in [2.75, 3.05) is 6.61 Å². The van der Waals surface area contributed by atoms with Crippen LogP contribution in [0, 0.1) is 5.92 Å². The smallest absolute Gasteiger partial charge is 0.0688 e. The van der Waals surface area contributed by atoms with E-state index in [0.29, 0.717) is 5.38 Å². The highest BCUT2D eigenvalue weighted by atomic mass is 35.5. The van der Waals surface area contributed by atoms with Gasteiger partial charge >= 0.3 is 0 Å². The summed E-state index contributed by atoms with van der Waals surface area (Å²) in [5.74, 6) is 0.774. The minimum atomic E-state index is 0.281. The van der Waals surface area contributed by atoms with Crippen molar-refractivity contribution < 1.29 is 4.74 Å². The van der Waals surface area contributed by atoms with E-state index >= 15 is 0 Å². The van der Waals surface area contributed by atoms with Crippen LogP contribution in [0.4, 0.5) is 0 Å². The molecule has 0 aromatic rings. The Morgan fingerprint density at radius 1 is 1.25 bits per heavy atom.